The number of carboxylic acids is 1. The Morgan fingerprint density at radius 3 is 1.53 bits per heavy atom. The largest absolute Gasteiger partial charge is 0.505 e. The highest BCUT2D eigenvalue weighted by Crippen LogP contribution is 2.49. The minimum atomic E-state index is -4.70. The number of phenols is 2. The summed E-state index contributed by atoms with van der Waals surface area (Å²) in [6, 6.07) is 34.6. The fourth-order valence-electron chi connectivity index (χ4n) is 10.9. The number of nitrogens with zero attached hydrogens (tertiary/aromatic N) is 12. The highest BCUT2D eigenvalue weighted by atomic mass is 32.2. The van der Waals surface area contributed by atoms with Crippen molar-refractivity contribution in [3.8, 4) is 17.4 Å². The van der Waals surface area contributed by atoms with E-state index in [0.29, 0.717) is 136 Å². The Balaban J connectivity index is 0.000000271. The predicted molar refractivity (Wildman–Crippen MR) is 487 cm³/mol. The number of aromatic hydroxyl groups is 2. The molecule has 12 rings (SSSR count). The minimum Gasteiger partial charge on any atom is -0.505 e. The summed E-state index contributed by atoms with van der Waals surface area (Å²) in [5, 5.41) is 112. The zero-order valence-corrected chi connectivity index (χ0v) is 76.1. The third-order valence-corrected chi connectivity index (χ3v) is 22.2. The van der Waals surface area contributed by atoms with Crippen LogP contribution in [0.5, 0.6) is 11.5 Å². The number of hydrogen-bond donors (Lipinski definition) is 16. The summed E-state index contributed by atoms with van der Waals surface area (Å²) in [4.78, 5) is 86.8. The molecule has 2 atom stereocenters. The highest BCUT2D eigenvalue weighted by molar-refractivity contribution is 7.97. The smallest absolute Gasteiger partial charge is 0.444 e. The SMILES string of the molecule is C.CC(=O)Nc1cc(C)cc2cc(SOOO)c(N=Nc3cc(C)ccc3S(=O)O)c(O)c12.CC(=O)Nc1cc(S(=O)(=O)O)cc2cc(SOOO)c(N=Nc3cc(C)ccc3S(=O)O)c(O)c12.CNc1nc(Nc2ccc(SOC(=O)CSOOO)cc2)nc(-[n+]2cccc(C(=O)O)c2)n1.CNc1nc(Nc2cccc(SOC(=O)CSOOO)c2)nc(N2CCOCC2)n1.O.O. The predicted octanol–water partition coefficient (Wildman–Crippen LogP) is 13.4. The van der Waals surface area contributed by atoms with E-state index in [2.05, 4.69) is 120 Å². The second-order valence-electron chi connectivity index (χ2n) is 25.4. The molecule has 0 saturated carbocycles. The van der Waals surface area contributed by atoms with Crippen LogP contribution in [0.4, 0.5) is 75.2 Å². The number of aromatic nitrogens is 7. The number of carbonyl (C=O) groups excluding carboxylic acids is 4. The van der Waals surface area contributed by atoms with Crippen LogP contribution in [-0.2, 0) is 102 Å². The van der Waals surface area contributed by atoms with E-state index in [1.54, 1.807) is 119 Å². The van der Waals surface area contributed by atoms with Gasteiger partial charge >= 0.3 is 35.8 Å². The molecule has 8 aromatic carbocycles. The number of carbonyl (C=O) groups is 5. The van der Waals surface area contributed by atoms with E-state index >= 15 is 0 Å². The lowest BCUT2D eigenvalue weighted by atomic mass is 10.0. The van der Waals surface area contributed by atoms with Gasteiger partial charge in [-0.05, 0) is 167 Å². The molecule has 0 spiro atoms. The normalized spacial score (nSPS) is 12.1. The molecule has 0 aliphatic carbocycles. The number of anilines is 9. The van der Waals surface area contributed by atoms with Gasteiger partial charge in [0.2, 0.25) is 29.7 Å². The van der Waals surface area contributed by atoms with Crippen molar-refractivity contribution < 1.29 is 157 Å². The number of phenolic OH excluding ortho intramolecular Hbond substituents is 2. The van der Waals surface area contributed by atoms with Crippen molar-refractivity contribution in [2.75, 3.05) is 88.7 Å². The molecule has 4 heterocycles. The van der Waals surface area contributed by atoms with Crippen molar-refractivity contribution in [1.29, 1.82) is 0 Å². The molecule has 50 nitrogen and oxygen atoms in total. The van der Waals surface area contributed by atoms with Crippen molar-refractivity contribution in [3.05, 3.63) is 168 Å². The first-order valence-electron chi connectivity index (χ1n) is 36.2. The molecular formula is C74H81N18O32S9+. The number of azo groups is 2. The monoisotopic (exact) mass is 2020 g/mol. The number of hydrogen-bond acceptors (Lipinski definition) is 47. The van der Waals surface area contributed by atoms with E-state index in [1.165, 1.54) is 48.0 Å². The summed E-state index contributed by atoms with van der Waals surface area (Å²) < 4.78 is 109. The summed E-state index contributed by atoms with van der Waals surface area (Å²) in [7, 11) is -1.31. The maximum absolute atomic E-state index is 11.7. The number of amides is 2. The molecule has 20 N–H and O–H groups in total. The van der Waals surface area contributed by atoms with Crippen LogP contribution in [0, 0.1) is 20.8 Å². The molecule has 0 bridgehead atoms. The van der Waals surface area contributed by atoms with Crippen LogP contribution in [0.15, 0.2) is 201 Å². The van der Waals surface area contributed by atoms with E-state index in [4.69, 9.17) is 34.1 Å². The van der Waals surface area contributed by atoms with Gasteiger partial charge in [-0.15, -0.1) is 42.8 Å². The lowest BCUT2D eigenvalue weighted by molar-refractivity contribution is -0.603. The average molecular weight is 2020 g/mol. The molecule has 1 fully saturated rings. The fraction of sp³-hybridized carbons (Fsp3) is 0.189. The number of ether oxygens (including phenoxy) is 1. The Kier molecular flexibility index (Phi) is 45.0. The lowest BCUT2D eigenvalue weighted by Crippen LogP contribution is -2.37. The lowest BCUT2D eigenvalue weighted by Gasteiger charge is -2.27. The van der Waals surface area contributed by atoms with Crippen molar-refractivity contribution in [3.63, 3.8) is 0 Å². The van der Waals surface area contributed by atoms with Gasteiger partial charge in [0, 0.05) is 92.2 Å². The Bertz CT molecular complexity index is 6130. The van der Waals surface area contributed by atoms with E-state index in [1.807, 2.05) is 17.9 Å². The van der Waals surface area contributed by atoms with Gasteiger partial charge in [-0.3, -0.25) is 23.7 Å². The van der Waals surface area contributed by atoms with Gasteiger partial charge in [-0.2, -0.15) is 23.4 Å². The number of rotatable bonds is 36. The van der Waals surface area contributed by atoms with Gasteiger partial charge in [0.1, 0.15) is 34.3 Å². The molecule has 2 amide bonds. The molecule has 1 saturated heterocycles. The summed E-state index contributed by atoms with van der Waals surface area (Å²) in [5.41, 5.74) is 3.76. The Morgan fingerprint density at radius 1 is 0.549 bits per heavy atom. The van der Waals surface area contributed by atoms with Gasteiger partial charge < -0.3 is 85.3 Å². The Morgan fingerprint density at radius 2 is 1.03 bits per heavy atom. The van der Waals surface area contributed by atoms with Crippen LogP contribution in [0.3, 0.4) is 0 Å². The second-order valence-corrected chi connectivity index (χ2v) is 33.1. The van der Waals surface area contributed by atoms with Crippen LogP contribution in [0.25, 0.3) is 27.5 Å². The quantitative estimate of drug-likeness (QED) is 0.00253. The Labute approximate surface area is 783 Å². The maximum atomic E-state index is 11.7. The van der Waals surface area contributed by atoms with Crippen LogP contribution in [0.2, 0.25) is 0 Å². The molecule has 59 heteroatoms. The molecule has 3 aromatic heterocycles. The van der Waals surface area contributed by atoms with Gasteiger partial charge in [0.15, 0.2) is 33.7 Å². The van der Waals surface area contributed by atoms with Crippen molar-refractivity contribution in [2.24, 2.45) is 20.5 Å². The van der Waals surface area contributed by atoms with Crippen LogP contribution >= 0.6 is 72.3 Å². The number of aryl methyl sites for hydroxylation is 3. The third kappa shape index (κ3) is 33.4. The van der Waals surface area contributed by atoms with Gasteiger partial charge in [0.05, 0.1) is 120 Å². The molecular weight excluding hydrogens is 1940 g/mol. The zero-order valence-electron chi connectivity index (χ0n) is 68.8. The van der Waals surface area contributed by atoms with Crippen LogP contribution in [-0.4, -0.2) is 189 Å². The van der Waals surface area contributed by atoms with Crippen molar-refractivity contribution in [1.82, 2.24) is 29.9 Å². The Hall–Kier alpha value is -11.8. The van der Waals surface area contributed by atoms with Gasteiger partial charge in [-0.1, -0.05) is 51.8 Å². The number of aromatic carboxylic acids is 1. The number of benzene rings is 8. The van der Waals surface area contributed by atoms with Gasteiger partial charge in [0.25, 0.3) is 10.1 Å². The maximum Gasteiger partial charge on any atom is 0.444 e. The number of morpholine rings is 1. The van der Waals surface area contributed by atoms with E-state index < -0.39 is 66.7 Å². The number of carboxylic acid groups (broad SMARTS) is 1. The minimum absolute atomic E-state index is 0. The first kappa shape index (κ1) is 110. The molecule has 1 aliphatic heterocycles. The van der Waals surface area contributed by atoms with E-state index in [9.17, 15) is 69.8 Å². The van der Waals surface area contributed by atoms with Crippen LogP contribution in [0.1, 0.15) is 48.3 Å². The summed E-state index contributed by atoms with van der Waals surface area (Å²) in [5.74, 6) is -2.25. The molecule has 712 valence electrons. The third-order valence-electron chi connectivity index (χ3n) is 16.2. The fourth-order valence-corrected chi connectivity index (χ4v) is 15.0. The van der Waals surface area contributed by atoms with Crippen molar-refractivity contribution >= 4 is 231 Å². The van der Waals surface area contributed by atoms with Crippen LogP contribution < -0.4 is 41.4 Å². The van der Waals surface area contributed by atoms with Crippen molar-refractivity contribution in [2.45, 2.75) is 76.3 Å². The zero-order chi connectivity index (χ0) is 94.1. The second kappa shape index (κ2) is 54.4. The van der Waals surface area contributed by atoms with E-state index in [0.717, 1.165) is 54.3 Å². The molecule has 11 aromatic rings. The number of nitrogens with one attached hydrogen (secondary N) is 6. The topological polar surface area (TPSA) is 727 Å². The molecule has 0 radical (unpaired) electrons. The molecule has 1 aliphatic rings. The number of fused-ring (bicyclic) bond motifs is 2. The molecule has 2 unspecified atom stereocenters. The summed E-state index contributed by atoms with van der Waals surface area (Å²) in [6.07, 6.45) is 3.02. The molecule has 133 heavy (non-hydrogen) atoms. The highest BCUT2D eigenvalue weighted by Gasteiger charge is 2.26. The average Bonchev–Trinajstić information content (AvgIpc) is 0.758. The summed E-state index contributed by atoms with van der Waals surface area (Å²) in [6.45, 7) is 10.5. The van der Waals surface area contributed by atoms with E-state index in [-0.39, 0.29) is 124 Å². The standard InChI is InChI=1S/C20H19N3O7S2.C19H17N3O10S3.C18H16N6O7S2.C16H20N6O6S2.CH4.2H2O/c1-10-4-5-17(32(27)28)14(7-10)22-23-19-16(31-30-29-26)9-13-6-11(2)8-15(21-12(3)24)18(13)20(19)25;1-9-3-4-16(34(26)27)13(5-9)21-22-18-15(33-32-31-25)7-11-6-12(35(28,29)30)8-14(20-10(2)23)17(11)19(18)24;1-19-16-21-17(23-18(22-16)24-8-2-3-11(9-24)15(26)27)20-12-4-6-13(7-5-12)33-29-14(25)10-32-31-30-28;1-17-14-19-15(21-16(20-14)22-5-7-25-8-6-22)18-11-3-2-4-12(9-11)30-26-13(23)10-29-28-27-24;;;/h4-9,25-26H,1-3H3,(H,21,24)(H,27,28);3-8,24-25H,1-2H3,(H,20,23)(H,26,27)(H,28,29,30);2-9H,10H2,1H3,(H3-,19,20,21,22,23,26,27,28);2-4,9,24H,5-8,10H2,1H3,(H2,17,18,19,20,21);1H4;2*1H2/p+1. The first-order chi connectivity index (χ1) is 62.3. The summed E-state index contributed by atoms with van der Waals surface area (Å²) >= 11 is -0.827. The van der Waals surface area contributed by atoms with Gasteiger partial charge in [-0.25, -0.2) is 38.8 Å². The first-order valence-corrected chi connectivity index (χ1v) is 44.6. The number of pyridine rings is 1.